The number of nitrogens with zero attached hydrogens (tertiary/aromatic N) is 4. The Kier molecular flexibility index (Phi) is 40.2. The predicted octanol–water partition coefficient (Wildman–Crippen LogP) is 14.0. The molecule has 80 heavy (non-hydrogen) atoms. The van der Waals surface area contributed by atoms with Crippen molar-refractivity contribution in [1.82, 2.24) is 29.0 Å². The molecule has 0 spiro atoms. The summed E-state index contributed by atoms with van der Waals surface area (Å²) in [5.74, 6) is 0.146. The Hall–Kier alpha value is -3.10. The first-order valence-corrected chi connectivity index (χ1v) is 34.5. The Morgan fingerprint density at radius 2 is 0.500 bits per heavy atom. The lowest BCUT2D eigenvalue weighted by Gasteiger charge is -2.31. The minimum absolute atomic E-state index is 0.0732. The zero-order chi connectivity index (χ0) is 60.7. The van der Waals surface area contributed by atoms with E-state index in [2.05, 4.69) is 23.3 Å². The molecule has 0 unspecified atom stereocenters. The first kappa shape index (κ1) is 76.9. The molecule has 0 heterocycles. The molecule has 0 aromatic heterocycles. The van der Waals surface area contributed by atoms with Gasteiger partial charge in [0.1, 0.15) is 22.4 Å². The fraction of sp³-hybridized carbons (Fsp3) is 0.933. The van der Waals surface area contributed by atoms with Crippen LogP contribution in [0, 0.1) is 0 Å². The Morgan fingerprint density at radius 3 is 0.725 bits per heavy atom. The standard InChI is InChI=1S/C60H120N6O12S2/c1-15-17-19-21-23-25-27-29-31-35-51-79(71,72)61-41-37-45-65(55(69)77-59(9,10)11)49-39-47-63(53(67)75-57(3,4)5)43-33-34-44-64(54(68)76-58(6,7)8)48-40-50-66(56(70)78-60(12,13)14)46-38-42-62-80(73,74)52-36-32-30-28-26-24-22-20-18-16-2/h61-62H,15-52H2,1-14H3. The Labute approximate surface area is 489 Å². The molecule has 0 aromatic carbocycles. The van der Waals surface area contributed by atoms with Crippen molar-refractivity contribution >= 4 is 44.4 Å². The van der Waals surface area contributed by atoms with Crippen molar-refractivity contribution in [3.05, 3.63) is 0 Å². The fourth-order valence-corrected chi connectivity index (χ4v) is 11.1. The van der Waals surface area contributed by atoms with E-state index in [4.69, 9.17) is 18.9 Å². The smallest absolute Gasteiger partial charge is 0.410 e. The summed E-state index contributed by atoms with van der Waals surface area (Å²) in [6.45, 7) is 28.4. The number of rotatable bonds is 45. The number of carbonyl (C=O) groups excluding carboxylic acids is 4. The Balaban J connectivity index is 5.64. The van der Waals surface area contributed by atoms with E-state index in [0.717, 1.165) is 38.5 Å². The van der Waals surface area contributed by atoms with Crippen LogP contribution in [0.15, 0.2) is 0 Å². The van der Waals surface area contributed by atoms with Crippen molar-refractivity contribution in [2.75, 3.05) is 77.0 Å². The van der Waals surface area contributed by atoms with Gasteiger partial charge >= 0.3 is 24.4 Å². The van der Waals surface area contributed by atoms with Gasteiger partial charge in [-0.25, -0.2) is 45.5 Å². The number of carbonyl (C=O) groups is 4. The van der Waals surface area contributed by atoms with Crippen molar-refractivity contribution in [2.45, 2.75) is 286 Å². The maximum atomic E-state index is 13.6. The van der Waals surface area contributed by atoms with Gasteiger partial charge in [-0.1, -0.05) is 129 Å². The normalized spacial score (nSPS) is 12.5. The number of ether oxygens (including phenoxy) is 4. The molecule has 0 bridgehead atoms. The third-order valence-electron chi connectivity index (χ3n) is 12.8. The van der Waals surface area contributed by atoms with Gasteiger partial charge in [0.05, 0.1) is 11.5 Å². The zero-order valence-electron chi connectivity index (χ0n) is 53.4. The summed E-state index contributed by atoms with van der Waals surface area (Å²) in [5.41, 5.74) is -3.04. The third-order valence-corrected chi connectivity index (χ3v) is 15.8. The Bertz CT molecular complexity index is 1740. The molecule has 0 saturated heterocycles. The lowest BCUT2D eigenvalue weighted by Crippen LogP contribution is -2.42. The summed E-state index contributed by atoms with van der Waals surface area (Å²) in [6, 6.07) is 0. The van der Waals surface area contributed by atoms with E-state index in [1.54, 1.807) is 103 Å². The van der Waals surface area contributed by atoms with Crippen LogP contribution < -0.4 is 9.44 Å². The van der Waals surface area contributed by atoms with Crippen LogP contribution in [0.2, 0.25) is 0 Å². The van der Waals surface area contributed by atoms with Crippen molar-refractivity contribution in [3.63, 3.8) is 0 Å². The van der Waals surface area contributed by atoms with Crippen LogP contribution in [-0.2, 0) is 39.0 Å². The van der Waals surface area contributed by atoms with E-state index in [1.807, 2.05) is 0 Å². The van der Waals surface area contributed by atoms with Gasteiger partial charge < -0.3 is 38.5 Å². The molecule has 0 radical (unpaired) electrons. The van der Waals surface area contributed by atoms with E-state index in [9.17, 15) is 36.0 Å². The number of nitrogens with one attached hydrogen (secondary N) is 2. The molecular weight excluding hydrogens is 1060 g/mol. The maximum absolute atomic E-state index is 13.6. The summed E-state index contributed by atoms with van der Waals surface area (Å²) >= 11 is 0. The molecular formula is C60H120N6O12S2. The molecule has 2 N–H and O–H groups in total. The molecule has 0 aliphatic heterocycles. The first-order valence-electron chi connectivity index (χ1n) is 31.1. The molecule has 474 valence electrons. The fourth-order valence-electron chi connectivity index (χ4n) is 8.69. The molecule has 0 aromatic rings. The van der Waals surface area contributed by atoms with Gasteiger partial charge in [0.15, 0.2) is 0 Å². The number of sulfonamides is 2. The highest BCUT2D eigenvalue weighted by Crippen LogP contribution is 2.18. The minimum atomic E-state index is -3.46. The van der Waals surface area contributed by atoms with Gasteiger partial charge in [0.25, 0.3) is 0 Å². The SMILES string of the molecule is CCCCCCCCCCCCS(=O)(=O)NCCCN(CCCN(CCCCN(CCCN(CCCNS(=O)(=O)CCCCCCCCCCCC)C(=O)OC(C)(C)C)C(=O)OC(C)(C)C)C(=O)OC(C)(C)C)C(=O)OC(C)(C)C. The molecule has 18 nitrogen and oxygen atoms in total. The van der Waals surface area contributed by atoms with Crippen LogP contribution in [-0.4, -0.2) is 160 Å². The van der Waals surface area contributed by atoms with Crippen molar-refractivity contribution in [3.8, 4) is 0 Å². The molecule has 0 aliphatic rings. The maximum Gasteiger partial charge on any atom is 0.410 e. The lowest BCUT2D eigenvalue weighted by atomic mass is 10.1. The van der Waals surface area contributed by atoms with Gasteiger partial charge in [-0.15, -0.1) is 0 Å². The monoisotopic (exact) mass is 1180 g/mol. The number of hydrogen-bond donors (Lipinski definition) is 2. The first-order chi connectivity index (χ1) is 37.3. The highest BCUT2D eigenvalue weighted by molar-refractivity contribution is 7.89. The van der Waals surface area contributed by atoms with Gasteiger partial charge in [-0.2, -0.15) is 0 Å². The number of hydrogen-bond acceptors (Lipinski definition) is 12. The summed E-state index contributed by atoms with van der Waals surface area (Å²) in [5, 5.41) is 0. The summed E-state index contributed by atoms with van der Waals surface area (Å²) in [6.07, 6.45) is 22.8. The van der Waals surface area contributed by atoms with Crippen molar-refractivity contribution in [1.29, 1.82) is 0 Å². The third kappa shape index (κ3) is 46.4. The van der Waals surface area contributed by atoms with Crippen LogP contribution in [0.1, 0.15) is 264 Å². The largest absolute Gasteiger partial charge is 0.444 e. The summed E-state index contributed by atoms with van der Waals surface area (Å²) in [4.78, 5) is 60.4. The molecule has 0 aliphatic carbocycles. The number of unbranched alkanes of at least 4 members (excludes halogenated alkanes) is 19. The number of amides is 4. The molecule has 20 heteroatoms. The van der Waals surface area contributed by atoms with Crippen molar-refractivity contribution < 1.29 is 55.0 Å². The summed E-state index contributed by atoms with van der Waals surface area (Å²) < 4.78 is 79.7. The Morgan fingerprint density at radius 1 is 0.300 bits per heavy atom. The zero-order valence-corrected chi connectivity index (χ0v) is 55.0. The molecule has 0 saturated carbocycles. The van der Waals surface area contributed by atoms with E-state index in [1.165, 1.54) is 77.0 Å². The quantitative estimate of drug-likeness (QED) is 0.0431. The summed E-state index contributed by atoms with van der Waals surface area (Å²) in [7, 11) is -6.92. The molecule has 0 fully saturated rings. The van der Waals surface area contributed by atoms with Gasteiger partial charge in [-0.05, 0) is 134 Å². The second-order valence-electron chi connectivity index (χ2n) is 25.8. The average Bonchev–Trinajstić information content (AvgIpc) is 3.31. The van der Waals surface area contributed by atoms with E-state index in [-0.39, 0.29) is 63.9 Å². The molecule has 0 atom stereocenters. The minimum Gasteiger partial charge on any atom is -0.444 e. The lowest BCUT2D eigenvalue weighted by molar-refractivity contribution is 0.0165. The molecule has 4 amide bonds. The van der Waals surface area contributed by atoms with Crippen LogP contribution in [0.25, 0.3) is 0 Å². The second-order valence-corrected chi connectivity index (χ2v) is 29.6. The topological polar surface area (TPSA) is 210 Å². The van der Waals surface area contributed by atoms with Gasteiger partial charge in [-0.3, -0.25) is 0 Å². The highest BCUT2D eigenvalue weighted by Gasteiger charge is 2.28. The van der Waals surface area contributed by atoms with Gasteiger partial charge in [0, 0.05) is 65.4 Å². The predicted molar refractivity (Wildman–Crippen MR) is 326 cm³/mol. The van der Waals surface area contributed by atoms with E-state index >= 15 is 0 Å². The van der Waals surface area contributed by atoms with Crippen LogP contribution in [0.5, 0.6) is 0 Å². The highest BCUT2D eigenvalue weighted by atomic mass is 32.2. The van der Waals surface area contributed by atoms with E-state index < -0.39 is 66.8 Å². The van der Waals surface area contributed by atoms with Crippen molar-refractivity contribution in [2.24, 2.45) is 0 Å². The average molecular weight is 1180 g/mol. The van der Waals surface area contributed by atoms with Crippen LogP contribution in [0.4, 0.5) is 19.2 Å². The second kappa shape index (κ2) is 41.8. The molecule has 0 rings (SSSR count). The van der Waals surface area contributed by atoms with Crippen LogP contribution in [0.3, 0.4) is 0 Å². The van der Waals surface area contributed by atoms with E-state index in [0.29, 0.717) is 64.5 Å². The van der Waals surface area contributed by atoms with Crippen LogP contribution >= 0.6 is 0 Å². The van der Waals surface area contributed by atoms with Gasteiger partial charge in [0.2, 0.25) is 20.0 Å².